The zero-order valence-electron chi connectivity index (χ0n) is 13.4. The predicted octanol–water partition coefficient (Wildman–Crippen LogP) is 2.27. The highest BCUT2D eigenvalue weighted by atomic mass is 16.5. The third-order valence-corrected chi connectivity index (χ3v) is 4.28. The summed E-state index contributed by atoms with van der Waals surface area (Å²) in [7, 11) is 1.69. The van der Waals surface area contributed by atoms with Crippen LogP contribution in [-0.4, -0.2) is 48.8 Å². The molecule has 0 spiro atoms. The van der Waals surface area contributed by atoms with Crippen molar-refractivity contribution in [2.24, 2.45) is 5.92 Å². The zero-order valence-corrected chi connectivity index (χ0v) is 13.4. The molecule has 0 aromatic heterocycles. The van der Waals surface area contributed by atoms with Gasteiger partial charge in [-0.05, 0) is 30.7 Å². The Balaban J connectivity index is 1.89. The molecule has 1 aromatic rings. The Morgan fingerprint density at radius 3 is 2.52 bits per heavy atom. The van der Waals surface area contributed by atoms with Crippen LogP contribution in [0.15, 0.2) is 30.3 Å². The van der Waals surface area contributed by atoms with Crippen molar-refractivity contribution in [1.29, 1.82) is 0 Å². The first-order chi connectivity index (χ1) is 11.1. The molecule has 23 heavy (non-hydrogen) atoms. The number of hydrogen-bond acceptors (Lipinski definition) is 3. The van der Waals surface area contributed by atoms with Crippen LogP contribution in [0.3, 0.4) is 0 Å². The second kappa shape index (κ2) is 8.53. The number of methoxy groups -OCH3 is 1. The van der Waals surface area contributed by atoms with Gasteiger partial charge in [0.2, 0.25) is 0 Å². The van der Waals surface area contributed by atoms with E-state index in [9.17, 15) is 14.7 Å². The van der Waals surface area contributed by atoms with Gasteiger partial charge in [-0.3, -0.25) is 0 Å². The van der Waals surface area contributed by atoms with E-state index < -0.39 is 12.0 Å². The number of ether oxygens (including phenoxy) is 1. The molecule has 1 heterocycles. The lowest BCUT2D eigenvalue weighted by Crippen LogP contribution is -2.47. The molecule has 1 fully saturated rings. The van der Waals surface area contributed by atoms with Gasteiger partial charge in [0, 0.05) is 26.8 Å². The van der Waals surface area contributed by atoms with Gasteiger partial charge in [0.15, 0.2) is 6.04 Å². The van der Waals surface area contributed by atoms with Gasteiger partial charge in [0.05, 0.1) is 0 Å². The van der Waals surface area contributed by atoms with E-state index >= 15 is 0 Å². The molecule has 6 nitrogen and oxygen atoms in total. The van der Waals surface area contributed by atoms with E-state index in [1.165, 1.54) is 0 Å². The smallest absolute Gasteiger partial charge is 0.330 e. The van der Waals surface area contributed by atoms with Crippen LogP contribution in [0.4, 0.5) is 4.79 Å². The van der Waals surface area contributed by atoms with Gasteiger partial charge in [-0.2, -0.15) is 0 Å². The largest absolute Gasteiger partial charge is 0.479 e. The van der Waals surface area contributed by atoms with Crippen molar-refractivity contribution in [2.45, 2.75) is 25.3 Å². The molecule has 0 saturated carbocycles. The number of nitrogens with zero attached hydrogens (tertiary/aromatic N) is 1. The number of urea groups is 1. The van der Waals surface area contributed by atoms with Crippen LogP contribution < -0.4 is 5.32 Å². The average Bonchev–Trinajstić information content (AvgIpc) is 2.58. The van der Waals surface area contributed by atoms with Crippen LogP contribution in [0.1, 0.15) is 30.9 Å². The Hall–Kier alpha value is -2.08. The topological polar surface area (TPSA) is 78.9 Å². The molecule has 1 saturated heterocycles. The summed E-state index contributed by atoms with van der Waals surface area (Å²) in [5.74, 6) is -0.483. The van der Waals surface area contributed by atoms with Crippen molar-refractivity contribution >= 4 is 12.0 Å². The van der Waals surface area contributed by atoms with Crippen LogP contribution in [-0.2, 0) is 9.53 Å². The van der Waals surface area contributed by atoms with E-state index in [2.05, 4.69) is 5.32 Å². The fourth-order valence-corrected chi connectivity index (χ4v) is 2.86. The number of amides is 2. The maximum Gasteiger partial charge on any atom is 0.330 e. The predicted molar refractivity (Wildman–Crippen MR) is 86.1 cm³/mol. The quantitative estimate of drug-likeness (QED) is 0.843. The Morgan fingerprint density at radius 2 is 1.96 bits per heavy atom. The number of nitrogens with one attached hydrogen (secondary N) is 1. The Bertz CT molecular complexity index is 513. The minimum absolute atomic E-state index is 0.313. The van der Waals surface area contributed by atoms with E-state index in [4.69, 9.17) is 4.74 Å². The summed E-state index contributed by atoms with van der Waals surface area (Å²) in [6.07, 6.45) is 2.87. The van der Waals surface area contributed by atoms with Crippen molar-refractivity contribution in [3.8, 4) is 0 Å². The molecule has 0 aliphatic carbocycles. The van der Waals surface area contributed by atoms with Crippen molar-refractivity contribution in [2.75, 3.05) is 26.8 Å². The lowest BCUT2D eigenvalue weighted by Gasteiger charge is -2.32. The lowest BCUT2D eigenvalue weighted by molar-refractivity contribution is -0.139. The van der Waals surface area contributed by atoms with Crippen LogP contribution in [0.5, 0.6) is 0 Å². The molecule has 126 valence electrons. The third-order valence-electron chi connectivity index (χ3n) is 4.28. The van der Waals surface area contributed by atoms with E-state index in [1.54, 1.807) is 36.3 Å². The summed E-state index contributed by atoms with van der Waals surface area (Å²) in [4.78, 5) is 25.5. The fourth-order valence-electron chi connectivity index (χ4n) is 2.86. The van der Waals surface area contributed by atoms with Gasteiger partial charge in [-0.15, -0.1) is 0 Å². The normalized spacial score (nSPS) is 16.8. The van der Waals surface area contributed by atoms with Gasteiger partial charge < -0.3 is 20.1 Å². The number of likely N-dealkylation sites (tertiary alicyclic amines) is 1. The monoisotopic (exact) mass is 320 g/mol. The van der Waals surface area contributed by atoms with E-state index in [0.29, 0.717) is 24.6 Å². The molecule has 1 aliphatic rings. The van der Waals surface area contributed by atoms with Gasteiger partial charge in [0.1, 0.15) is 0 Å². The summed E-state index contributed by atoms with van der Waals surface area (Å²) < 4.78 is 5.09. The van der Waals surface area contributed by atoms with Crippen molar-refractivity contribution in [3.05, 3.63) is 35.9 Å². The lowest BCUT2D eigenvalue weighted by atomic mass is 9.94. The molecule has 2 amide bonds. The molecule has 0 radical (unpaired) electrons. The Kier molecular flexibility index (Phi) is 6.40. The number of carboxylic acid groups (broad SMARTS) is 1. The van der Waals surface area contributed by atoms with Gasteiger partial charge in [-0.25, -0.2) is 9.59 Å². The maximum atomic E-state index is 12.3. The number of carbonyl (C=O) groups is 2. The number of piperidine rings is 1. The number of carbonyl (C=O) groups excluding carboxylic acids is 1. The van der Waals surface area contributed by atoms with E-state index in [-0.39, 0.29) is 6.03 Å². The molecular weight excluding hydrogens is 296 g/mol. The van der Waals surface area contributed by atoms with Crippen LogP contribution in [0, 0.1) is 5.92 Å². The minimum atomic E-state index is -1.06. The van der Waals surface area contributed by atoms with E-state index in [1.807, 2.05) is 6.07 Å². The maximum absolute atomic E-state index is 12.3. The summed E-state index contributed by atoms with van der Waals surface area (Å²) >= 11 is 0. The Labute approximate surface area is 136 Å². The van der Waals surface area contributed by atoms with Gasteiger partial charge in [-0.1, -0.05) is 30.3 Å². The van der Waals surface area contributed by atoms with Crippen molar-refractivity contribution in [1.82, 2.24) is 10.2 Å². The minimum Gasteiger partial charge on any atom is -0.479 e. The summed E-state index contributed by atoms with van der Waals surface area (Å²) in [6, 6.07) is 7.42. The van der Waals surface area contributed by atoms with Crippen molar-refractivity contribution < 1.29 is 19.4 Å². The summed E-state index contributed by atoms with van der Waals surface area (Å²) in [5, 5.41) is 12.0. The molecule has 1 aromatic carbocycles. The second-order valence-corrected chi connectivity index (χ2v) is 5.84. The highest BCUT2D eigenvalue weighted by Crippen LogP contribution is 2.21. The first-order valence-electron chi connectivity index (χ1n) is 7.94. The fraction of sp³-hybridized carbons (Fsp3) is 0.529. The SMILES string of the molecule is COCCC1CCN(C(=O)N[C@H](C(=O)O)c2ccccc2)CC1. The standard InChI is InChI=1S/C17H24N2O4/c1-23-12-9-13-7-10-19(11-8-13)17(22)18-15(16(20)21)14-5-3-2-4-6-14/h2-6,13,15H,7-12H2,1H3,(H,18,22)(H,20,21)/t15-/m0/s1. The van der Waals surface area contributed by atoms with Gasteiger partial charge in [0.25, 0.3) is 0 Å². The summed E-state index contributed by atoms with van der Waals surface area (Å²) in [5.41, 5.74) is 0.573. The van der Waals surface area contributed by atoms with Crippen LogP contribution in [0.25, 0.3) is 0 Å². The van der Waals surface area contributed by atoms with Gasteiger partial charge >= 0.3 is 12.0 Å². The number of rotatable bonds is 6. The first-order valence-corrected chi connectivity index (χ1v) is 7.94. The molecule has 6 heteroatoms. The molecule has 0 unspecified atom stereocenters. The average molecular weight is 320 g/mol. The molecule has 1 aliphatic heterocycles. The molecular formula is C17H24N2O4. The highest BCUT2D eigenvalue weighted by molar-refractivity contribution is 5.83. The van der Waals surface area contributed by atoms with Crippen LogP contribution in [0.2, 0.25) is 0 Å². The van der Waals surface area contributed by atoms with Crippen molar-refractivity contribution in [3.63, 3.8) is 0 Å². The zero-order chi connectivity index (χ0) is 16.7. The third kappa shape index (κ3) is 4.96. The molecule has 0 bridgehead atoms. The number of benzene rings is 1. The number of hydrogen-bond donors (Lipinski definition) is 2. The highest BCUT2D eigenvalue weighted by Gasteiger charge is 2.27. The second-order valence-electron chi connectivity index (χ2n) is 5.84. The number of carboxylic acids is 1. The van der Waals surface area contributed by atoms with E-state index in [0.717, 1.165) is 25.9 Å². The number of aliphatic carboxylic acids is 1. The molecule has 2 rings (SSSR count). The van der Waals surface area contributed by atoms with Crippen LogP contribution >= 0.6 is 0 Å². The first kappa shape index (κ1) is 17.3. The molecule has 1 atom stereocenters. The Morgan fingerprint density at radius 1 is 1.30 bits per heavy atom. The summed E-state index contributed by atoms with van der Waals surface area (Å²) in [6.45, 7) is 2.05. The molecule has 2 N–H and O–H groups in total.